The molecule has 2 saturated carbocycles. The molecule has 1 heterocycles. The van der Waals surface area contributed by atoms with Crippen LogP contribution in [0, 0.1) is 5.92 Å². The summed E-state index contributed by atoms with van der Waals surface area (Å²) >= 11 is 7.69. The second-order valence-corrected chi connectivity index (χ2v) is 10.4. The van der Waals surface area contributed by atoms with Gasteiger partial charge < -0.3 is 9.64 Å². The monoisotopic (exact) mass is 496 g/mol. The number of halogens is 1. The molecule has 6 nitrogen and oxygen atoms in total. The van der Waals surface area contributed by atoms with E-state index in [4.69, 9.17) is 16.3 Å². The summed E-state index contributed by atoms with van der Waals surface area (Å²) in [6.07, 6.45) is 4.60. The predicted molar refractivity (Wildman–Crippen MR) is 134 cm³/mol. The van der Waals surface area contributed by atoms with Crippen LogP contribution >= 0.6 is 23.4 Å². The highest BCUT2D eigenvalue weighted by molar-refractivity contribution is 7.99. The molecule has 0 saturated heterocycles. The fourth-order valence-corrected chi connectivity index (χ4v) is 5.29. The standard InChI is InChI=1S/C26H29ClN4O2S/c1-18(20-11-12-20)30(15-19-7-3-2-4-8-19)25(32)17-34-26-29-28-24(31(26)21-13-14-21)16-33-23-10-6-5-9-22(23)27/h2-10,18,20-21H,11-17H2,1H3. The zero-order chi connectivity index (χ0) is 23.5. The minimum absolute atomic E-state index is 0.146. The highest BCUT2D eigenvalue weighted by Crippen LogP contribution is 2.40. The Bertz CT molecular complexity index is 1130. The lowest BCUT2D eigenvalue weighted by atomic mass is 10.1. The van der Waals surface area contributed by atoms with Crippen molar-refractivity contribution in [2.75, 3.05) is 5.75 Å². The summed E-state index contributed by atoms with van der Waals surface area (Å²) in [4.78, 5) is 15.4. The first kappa shape index (κ1) is 23.2. The number of aromatic nitrogens is 3. The molecule has 0 bridgehead atoms. The van der Waals surface area contributed by atoms with Gasteiger partial charge in [0.2, 0.25) is 5.91 Å². The van der Waals surface area contributed by atoms with Crippen molar-refractivity contribution in [1.82, 2.24) is 19.7 Å². The van der Waals surface area contributed by atoms with Crippen molar-refractivity contribution in [3.8, 4) is 5.75 Å². The highest BCUT2D eigenvalue weighted by Gasteiger charge is 2.35. The molecule has 2 aromatic carbocycles. The van der Waals surface area contributed by atoms with Crippen molar-refractivity contribution >= 4 is 29.3 Å². The number of thioether (sulfide) groups is 1. The van der Waals surface area contributed by atoms with Gasteiger partial charge in [0.25, 0.3) is 0 Å². The third-order valence-electron chi connectivity index (χ3n) is 6.48. The van der Waals surface area contributed by atoms with Gasteiger partial charge in [0, 0.05) is 18.6 Å². The van der Waals surface area contributed by atoms with Crippen LogP contribution in [0.15, 0.2) is 59.8 Å². The first-order valence-electron chi connectivity index (χ1n) is 11.9. The van der Waals surface area contributed by atoms with Gasteiger partial charge in [-0.2, -0.15) is 0 Å². The van der Waals surface area contributed by atoms with Crippen molar-refractivity contribution in [1.29, 1.82) is 0 Å². The number of para-hydroxylation sites is 1. The average Bonchev–Trinajstić information content (AvgIpc) is 3.79. The van der Waals surface area contributed by atoms with E-state index in [-0.39, 0.29) is 11.9 Å². The number of hydrogen-bond donors (Lipinski definition) is 0. The SMILES string of the molecule is CC(C1CC1)N(Cc1ccccc1)C(=O)CSc1nnc(COc2ccccc2Cl)n1C1CC1. The summed E-state index contributed by atoms with van der Waals surface area (Å²) in [5.74, 6) is 2.50. The molecule has 5 rings (SSSR count). The van der Waals surface area contributed by atoms with E-state index < -0.39 is 0 Å². The van der Waals surface area contributed by atoms with Crippen LogP contribution in [0.1, 0.15) is 50.0 Å². The van der Waals surface area contributed by atoms with Gasteiger partial charge in [-0.05, 0) is 56.2 Å². The predicted octanol–water partition coefficient (Wildman–Crippen LogP) is 5.76. The van der Waals surface area contributed by atoms with Crippen LogP contribution < -0.4 is 4.74 Å². The van der Waals surface area contributed by atoms with Crippen molar-refractivity contribution < 1.29 is 9.53 Å². The lowest BCUT2D eigenvalue weighted by Crippen LogP contribution is -2.40. The minimum Gasteiger partial charge on any atom is -0.484 e. The molecule has 1 unspecified atom stereocenters. The second kappa shape index (κ2) is 10.4. The van der Waals surface area contributed by atoms with Crippen molar-refractivity contribution in [3.63, 3.8) is 0 Å². The summed E-state index contributed by atoms with van der Waals surface area (Å²) in [6.45, 7) is 3.12. The molecule has 0 spiro atoms. The molecule has 34 heavy (non-hydrogen) atoms. The molecule has 0 N–H and O–H groups in total. The van der Waals surface area contributed by atoms with Gasteiger partial charge in [0.05, 0.1) is 10.8 Å². The van der Waals surface area contributed by atoms with Gasteiger partial charge in [0.15, 0.2) is 11.0 Å². The molecule has 8 heteroatoms. The zero-order valence-corrected chi connectivity index (χ0v) is 20.8. The minimum atomic E-state index is 0.146. The fraction of sp³-hybridized carbons (Fsp3) is 0.423. The molecule has 1 aromatic heterocycles. The fourth-order valence-electron chi connectivity index (χ4n) is 4.19. The van der Waals surface area contributed by atoms with Gasteiger partial charge >= 0.3 is 0 Å². The highest BCUT2D eigenvalue weighted by atomic mass is 35.5. The first-order chi connectivity index (χ1) is 16.6. The number of rotatable bonds is 11. The van der Waals surface area contributed by atoms with Crippen LogP contribution in [0.3, 0.4) is 0 Å². The third kappa shape index (κ3) is 5.58. The average molecular weight is 497 g/mol. The Kier molecular flexibility index (Phi) is 7.11. The van der Waals surface area contributed by atoms with Crippen molar-refractivity contribution in [3.05, 3.63) is 71.0 Å². The molecule has 3 aromatic rings. The van der Waals surface area contributed by atoms with E-state index in [0.717, 1.165) is 29.4 Å². The molecule has 1 atom stereocenters. The lowest BCUT2D eigenvalue weighted by Gasteiger charge is -2.29. The Morgan fingerprint density at radius 3 is 2.56 bits per heavy atom. The van der Waals surface area contributed by atoms with Crippen LogP contribution in [0.5, 0.6) is 5.75 Å². The number of carbonyl (C=O) groups excluding carboxylic acids is 1. The molecule has 1 amide bonds. The van der Waals surface area contributed by atoms with E-state index in [2.05, 4.69) is 33.8 Å². The van der Waals surface area contributed by atoms with E-state index in [1.165, 1.54) is 24.6 Å². The first-order valence-corrected chi connectivity index (χ1v) is 13.2. The Labute approximate surface area is 209 Å². The quantitative estimate of drug-likeness (QED) is 0.315. The summed E-state index contributed by atoms with van der Waals surface area (Å²) in [7, 11) is 0. The van der Waals surface area contributed by atoms with Gasteiger partial charge in [-0.3, -0.25) is 9.36 Å². The Morgan fingerprint density at radius 1 is 1.12 bits per heavy atom. The largest absolute Gasteiger partial charge is 0.484 e. The summed E-state index contributed by atoms with van der Waals surface area (Å²) in [5.41, 5.74) is 1.16. The van der Waals surface area contributed by atoms with E-state index in [0.29, 0.717) is 41.6 Å². The molecule has 2 aliphatic rings. The Balaban J connectivity index is 1.26. The summed E-state index contributed by atoms with van der Waals surface area (Å²) < 4.78 is 8.05. The molecule has 2 aliphatic carbocycles. The molecule has 178 valence electrons. The van der Waals surface area contributed by atoms with E-state index >= 15 is 0 Å². The maximum atomic E-state index is 13.4. The number of benzene rings is 2. The van der Waals surface area contributed by atoms with Gasteiger partial charge in [-0.25, -0.2) is 0 Å². The number of hydrogen-bond acceptors (Lipinski definition) is 5. The van der Waals surface area contributed by atoms with Gasteiger partial charge in [-0.1, -0.05) is 65.8 Å². The van der Waals surface area contributed by atoms with Crippen LogP contribution in [0.4, 0.5) is 0 Å². The number of carbonyl (C=O) groups is 1. The van der Waals surface area contributed by atoms with E-state index in [1.54, 1.807) is 6.07 Å². The summed E-state index contributed by atoms with van der Waals surface area (Å²) in [6, 6.07) is 18.3. The van der Waals surface area contributed by atoms with Crippen molar-refractivity contribution in [2.45, 2.75) is 63.0 Å². The third-order valence-corrected chi connectivity index (χ3v) is 7.72. The number of ether oxygens (including phenoxy) is 1. The van der Waals surface area contributed by atoms with E-state index in [1.807, 2.05) is 41.3 Å². The second-order valence-electron chi connectivity index (χ2n) is 9.09. The van der Waals surface area contributed by atoms with Gasteiger partial charge in [0.1, 0.15) is 12.4 Å². The number of amides is 1. The van der Waals surface area contributed by atoms with Crippen LogP contribution in [-0.2, 0) is 17.9 Å². The number of nitrogens with zero attached hydrogens (tertiary/aromatic N) is 4. The lowest BCUT2D eigenvalue weighted by molar-refractivity contribution is -0.131. The molecular formula is C26H29ClN4O2S. The van der Waals surface area contributed by atoms with E-state index in [9.17, 15) is 4.79 Å². The maximum Gasteiger partial charge on any atom is 0.233 e. The maximum absolute atomic E-state index is 13.4. The zero-order valence-electron chi connectivity index (χ0n) is 19.3. The Morgan fingerprint density at radius 2 is 1.85 bits per heavy atom. The topological polar surface area (TPSA) is 60.3 Å². The normalized spacial score (nSPS) is 16.3. The van der Waals surface area contributed by atoms with Crippen LogP contribution in [0.2, 0.25) is 5.02 Å². The smallest absolute Gasteiger partial charge is 0.233 e. The van der Waals surface area contributed by atoms with Crippen LogP contribution in [-0.4, -0.2) is 37.4 Å². The van der Waals surface area contributed by atoms with Crippen molar-refractivity contribution in [2.24, 2.45) is 5.92 Å². The molecule has 0 radical (unpaired) electrons. The Hall–Kier alpha value is -2.51. The summed E-state index contributed by atoms with van der Waals surface area (Å²) in [5, 5.41) is 10.2. The molecular weight excluding hydrogens is 468 g/mol. The molecule has 0 aliphatic heterocycles. The van der Waals surface area contributed by atoms with Gasteiger partial charge in [-0.15, -0.1) is 10.2 Å². The van der Waals surface area contributed by atoms with Crippen LogP contribution in [0.25, 0.3) is 0 Å². The molecule has 2 fully saturated rings.